The zero-order valence-electron chi connectivity index (χ0n) is 17.7. The molecule has 1 aliphatic rings. The molecule has 4 aromatic rings. The first-order valence-corrected chi connectivity index (χ1v) is 10.9. The first-order chi connectivity index (χ1) is 15.2. The van der Waals surface area contributed by atoms with Crippen LogP contribution in [-0.4, -0.2) is 43.2 Å². The monoisotopic (exact) mass is 414 g/mol. The summed E-state index contributed by atoms with van der Waals surface area (Å²) in [6, 6.07) is 18.0. The molecule has 1 saturated heterocycles. The fourth-order valence-corrected chi connectivity index (χ4v) is 4.50. The molecule has 158 valence electrons. The van der Waals surface area contributed by atoms with Crippen molar-refractivity contribution in [1.29, 1.82) is 0 Å². The second kappa shape index (κ2) is 8.43. The quantitative estimate of drug-likeness (QED) is 0.541. The largest absolute Gasteiger partial charge is 0.322 e. The molecule has 0 aliphatic carbocycles. The molecule has 0 amide bonds. The normalized spacial score (nSPS) is 15.9. The van der Waals surface area contributed by atoms with E-state index in [1.54, 1.807) is 0 Å². The molecule has 0 saturated carbocycles. The Labute approximate surface area is 180 Å². The lowest BCUT2D eigenvalue weighted by Crippen LogP contribution is -2.38. The Bertz CT molecular complexity index is 1240. The van der Waals surface area contributed by atoms with Crippen molar-refractivity contribution < 1.29 is 0 Å². The summed E-state index contributed by atoms with van der Waals surface area (Å²) in [4.78, 5) is 18.6. The van der Waals surface area contributed by atoms with E-state index < -0.39 is 0 Å². The maximum absolute atomic E-state index is 13.2. The smallest absolute Gasteiger partial charge is 0.253 e. The average molecular weight is 415 g/mol. The minimum atomic E-state index is -0.285. The van der Waals surface area contributed by atoms with Crippen LogP contribution < -0.4 is 5.56 Å². The summed E-state index contributed by atoms with van der Waals surface area (Å²) in [7, 11) is 0. The Hall–Kier alpha value is -3.32. The Morgan fingerprint density at radius 1 is 1.03 bits per heavy atom. The van der Waals surface area contributed by atoms with Crippen molar-refractivity contribution in [2.24, 2.45) is 0 Å². The van der Waals surface area contributed by atoms with E-state index in [9.17, 15) is 4.79 Å². The number of aromatic nitrogens is 5. The van der Waals surface area contributed by atoms with Crippen molar-refractivity contribution in [2.75, 3.05) is 13.1 Å². The third-order valence-corrected chi connectivity index (χ3v) is 6.06. The standard InChI is InChI=1S/C24H26N6O/c1-17-10-11-21-19(14-17)15-20(24(31)25-21)22(29-12-6-3-7-13-29)23-26-27-28-30(23)16-18-8-4-2-5-9-18/h2,4-5,8-11,14-15,22H,3,6-7,12-13,16H2,1H3,(H,25,31)/t22-/m1/s1. The number of tetrazole rings is 1. The fraction of sp³-hybridized carbons (Fsp3) is 0.333. The lowest BCUT2D eigenvalue weighted by molar-refractivity contribution is 0.177. The summed E-state index contributed by atoms with van der Waals surface area (Å²) in [5.74, 6) is 0.711. The summed E-state index contributed by atoms with van der Waals surface area (Å²) >= 11 is 0. The van der Waals surface area contributed by atoms with Gasteiger partial charge in [0.05, 0.1) is 6.54 Å². The van der Waals surface area contributed by atoms with Gasteiger partial charge in [-0.2, -0.15) is 0 Å². The maximum Gasteiger partial charge on any atom is 0.253 e. The fourth-order valence-electron chi connectivity index (χ4n) is 4.50. The maximum atomic E-state index is 13.2. The molecule has 0 unspecified atom stereocenters. The van der Waals surface area contributed by atoms with E-state index in [1.165, 1.54) is 6.42 Å². The van der Waals surface area contributed by atoms with Gasteiger partial charge in [-0.15, -0.1) is 5.10 Å². The number of likely N-dealkylation sites (tertiary alicyclic amines) is 1. The molecule has 1 N–H and O–H groups in total. The van der Waals surface area contributed by atoms with Gasteiger partial charge >= 0.3 is 0 Å². The number of pyridine rings is 1. The highest BCUT2D eigenvalue weighted by atomic mass is 16.1. The van der Waals surface area contributed by atoms with Gasteiger partial charge in [0, 0.05) is 11.1 Å². The first kappa shape index (κ1) is 19.6. The zero-order chi connectivity index (χ0) is 21.2. The lowest BCUT2D eigenvalue weighted by atomic mass is 10.00. The van der Waals surface area contributed by atoms with Gasteiger partial charge in [-0.25, -0.2) is 4.68 Å². The van der Waals surface area contributed by atoms with Crippen LogP contribution in [-0.2, 0) is 6.54 Å². The van der Waals surface area contributed by atoms with Gasteiger partial charge in [0.2, 0.25) is 0 Å². The third-order valence-electron chi connectivity index (χ3n) is 6.06. The summed E-state index contributed by atoms with van der Waals surface area (Å²) in [5, 5.41) is 13.7. The zero-order valence-corrected chi connectivity index (χ0v) is 17.7. The number of piperidine rings is 1. The van der Waals surface area contributed by atoms with Crippen LogP contribution in [0.5, 0.6) is 0 Å². The molecule has 2 aromatic heterocycles. The van der Waals surface area contributed by atoms with Crippen LogP contribution in [0.15, 0.2) is 59.4 Å². The Balaban J connectivity index is 1.63. The van der Waals surface area contributed by atoms with E-state index in [1.807, 2.05) is 41.1 Å². The molecule has 1 atom stereocenters. The molecule has 1 aliphatic heterocycles. The number of aryl methyl sites for hydroxylation is 1. The highest BCUT2D eigenvalue weighted by molar-refractivity contribution is 5.79. The van der Waals surface area contributed by atoms with Crippen LogP contribution in [0.1, 0.15) is 47.8 Å². The molecule has 31 heavy (non-hydrogen) atoms. The predicted molar refractivity (Wildman–Crippen MR) is 120 cm³/mol. The summed E-state index contributed by atoms with van der Waals surface area (Å²) in [6.45, 7) is 4.48. The number of nitrogens with one attached hydrogen (secondary N) is 1. The number of benzene rings is 2. The Morgan fingerprint density at radius 2 is 1.84 bits per heavy atom. The first-order valence-electron chi connectivity index (χ1n) is 10.9. The van der Waals surface area contributed by atoms with E-state index >= 15 is 0 Å². The number of H-pyrrole nitrogens is 1. The Kier molecular flexibility index (Phi) is 5.34. The highest BCUT2D eigenvalue weighted by Crippen LogP contribution is 2.29. The Morgan fingerprint density at radius 3 is 2.65 bits per heavy atom. The average Bonchev–Trinajstić information content (AvgIpc) is 3.24. The second-order valence-corrected chi connectivity index (χ2v) is 8.32. The second-order valence-electron chi connectivity index (χ2n) is 8.32. The van der Waals surface area contributed by atoms with Crippen molar-refractivity contribution in [3.63, 3.8) is 0 Å². The van der Waals surface area contributed by atoms with Crippen LogP contribution in [0.3, 0.4) is 0 Å². The summed E-state index contributed by atoms with van der Waals surface area (Å²) in [6.07, 6.45) is 3.44. The number of hydrogen-bond acceptors (Lipinski definition) is 5. The van der Waals surface area contributed by atoms with Gasteiger partial charge in [-0.3, -0.25) is 9.69 Å². The number of rotatable bonds is 5. The molecule has 2 aromatic carbocycles. The van der Waals surface area contributed by atoms with Crippen molar-refractivity contribution in [1.82, 2.24) is 30.1 Å². The minimum absolute atomic E-state index is 0.0822. The van der Waals surface area contributed by atoms with Gasteiger partial charge in [0.15, 0.2) is 5.82 Å². The van der Waals surface area contributed by atoms with E-state index in [-0.39, 0.29) is 11.6 Å². The lowest BCUT2D eigenvalue weighted by Gasteiger charge is -2.33. The van der Waals surface area contributed by atoms with Crippen LogP contribution in [0.25, 0.3) is 10.9 Å². The van der Waals surface area contributed by atoms with Crippen molar-refractivity contribution in [2.45, 2.75) is 38.8 Å². The van der Waals surface area contributed by atoms with Gasteiger partial charge in [0.25, 0.3) is 5.56 Å². The number of aromatic amines is 1. The summed E-state index contributed by atoms with van der Waals surface area (Å²) < 4.78 is 1.83. The summed E-state index contributed by atoms with van der Waals surface area (Å²) in [5.41, 5.74) is 3.75. The molecule has 1 fully saturated rings. The van der Waals surface area contributed by atoms with E-state index in [4.69, 9.17) is 0 Å². The molecular formula is C24H26N6O. The van der Waals surface area contributed by atoms with Gasteiger partial charge in [-0.05, 0) is 72.4 Å². The molecule has 0 bridgehead atoms. The van der Waals surface area contributed by atoms with Crippen LogP contribution in [0.4, 0.5) is 0 Å². The van der Waals surface area contributed by atoms with Gasteiger partial charge < -0.3 is 4.98 Å². The van der Waals surface area contributed by atoms with E-state index in [0.717, 1.165) is 48.0 Å². The van der Waals surface area contributed by atoms with Crippen molar-refractivity contribution in [3.05, 3.63) is 87.5 Å². The van der Waals surface area contributed by atoms with Gasteiger partial charge in [0.1, 0.15) is 6.04 Å². The molecule has 0 radical (unpaired) electrons. The highest BCUT2D eigenvalue weighted by Gasteiger charge is 2.31. The molecule has 0 spiro atoms. The molecule has 5 rings (SSSR count). The molecule has 7 nitrogen and oxygen atoms in total. The van der Waals surface area contributed by atoms with E-state index in [2.05, 4.69) is 50.5 Å². The van der Waals surface area contributed by atoms with Gasteiger partial charge in [-0.1, -0.05) is 48.4 Å². The predicted octanol–water partition coefficient (Wildman–Crippen LogP) is 3.45. The van der Waals surface area contributed by atoms with Crippen molar-refractivity contribution >= 4 is 10.9 Å². The number of nitrogens with zero attached hydrogens (tertiary/aromatic N) is 5. The topological polar surface area (TPSA) is 79.7 Å². The van der Waals surface area contributed by atoms with Crippen LogP contribution in [0, 0.1) is 6.92 Å². The molecule has 3 heterocycles. The molecular weight excluding hydrogens is 388 g/mol. The number of hydrogen-bond donors (Lipinski definition) is 1. The van der Waals surface area contributed by atoms with Crippen molar-refractivity contribution in [3.8, 4) is 0 Å². The molecule has 7 heteroatoms. The van der Waals surface area contributed by atoms with Crippen LogP contribution in [0.2, 0.25) is 0 Å². The SMILES string of the molecule is Cc1ccc2[nH]c(=O)c([C@H](c3nnnn3Cc3ccccc3)N3CCCCC3)cc2c1. The van der Waals surface area contributed by atoms with Crippen LogP contribution >= 0.6 is 0 Å². The number of fused-ring (bicyclic) bond motifs is 1. The third kappa shape index (κ3) is 4.01. The minimum Gasteiger partial charge on any atom is -0.322 e. The van der Waals surface area contributed by atoms with E-state index in [0.29, 0.717) is 17.9 Å².